The van der Waals surface area contributed by atoms with Gasteiger partial charge in [-0.05, 0) is 48.1 Å². The Kier molecular flexibility index (Phi) is 4.02. The third-order valence-corrected chi connectivity index (χ3v) is 4.64. The molecule has 1 aliphatic carbocycles. The maximum atomic E-state index is 10.7. The van der Waals surface area contributed by atoms with Gasteiger partial charge in [-0.25, -0.2) is 0 Å². The summed E-state index contributed by atoms with van der Waals surface area (Å²) in [6, 6.07) is 13.7. The summed E-state index contributed by atoms with van der Waals surface area (Å²) in [6.45, 7) is 0. The zero-order valence-electron chi connectivity index (χ0n) is 11.0. The van der Waals surface area contributed by atoms with Gasteiger partial charge >= 0.3 is 0 Å². The van der Waals surface area contributed by atoms with E-state index in [0.717, 1.165) is 24.8 Å². The van der Waals surface area contributed by atoms with Crippen LogP contribution in [-0.2, 0) is 6.42 Å². The van der Waals surface area contributed by atoms with E-state index in [2.05, 4.69) is 18.2 Å². The van der Waals surface area contributed by atoms with Crippen LogP contribution in [0, 0.1) is 0 Å². The molecule has 2 aromatic carbocycles. The Morgan fingerprint density at radius 3 is 2.70 bits per heavy atom. The van der Waals surface area contributed by atoms with Gasteiger partial charge in [0.25, 0.3) is 0 Å². The molecule has 20 heavy (non-hydrogen) atoms. The molecule has 1 N–H and O–H groups in total. The average molecular weight is 307 g/mol. The van der Waals surface area contributed by atoms with Gasteiger partial charge in [-0.15, -0.1) is 0 Å². The topological polar surface area (TPSA) is 20.2 Å². The van der Waals surface area contributed by atoms with Gasteiger partial charge in [-0.2, -0.15) is 0 Å². The molecule has 2 atom stereocenters. The molecule has 0 saturated carbocycles. The van der Waals surface area contributed by atoms with Crippen LogP contribution >= 0.6 is 23.2 Å². The first-order valence-corrected chi connectivity index (χ1v) is 7.63. The normalized spacial score (nSPS) is 19.4. The Morgan fingerprint density at radius 1 is 1.10 bits per heavy atom. The molecule has 0 saturated heterocycles. The predicted octanol–water partition coefficient (Wildman–Crippen LogP) is 5.15. The van der Waals surface area contributed by atoms with Crippen molar-refractivity contribution < 1.29 is 5.11 Å². The quantitative estimate of drug-likeness (QED) is 0.814. The summed E-state index contributed by atoms with van der Waals surface area (Å²) in [6.07, 6.45) is 2.59. The second-order valence-electron chi connectivity index (χ2n) is 5.31. The fourth-order valence-electron chi connectivity index (χ4n) is 3.08. The molecule has 3 heteroatoms. The molecule has 2 unspecified atom stereocenters. The van der Waals surface area contributed by atoms with Gasteiger partial charge in [-0.3, -0.25) is 0 Å². The highest BCUT2D eigenvalue weighted by atomic mass is 35.5. The molecule has 0 heterocycles. The Labute approximate surface area is 129 Å². The van der Waals surface area contributed by atoms with E-state index in [-0.39, 0.29) is 5.92 Å². The van der Waals surface area contributed by atoms with Gasteiger partial charge in [-0.1, -0.05) is 53.5 Å². The molecule has 0 bridgehead atoms. The molecule has 0 spiro atoms. The fraction of sp³-hybridized carbons (Fsp3) is 0.294. The summed E-state index contributed by atoms with van der Waals surface area (Å²) in [5, 5.41) is 11.9. The van der Waals surface area contributed by atoms with Gasteiger partial charge in [0, 0.05) is 16.0 Å². The van der Waals surface area contributed by atoms with E-state index < -0.39 is 6.10 Å². The van der Waals surface area contributed by atoms with Crippen LogP contribution in [-0.4, -0.2) is 5.11 Å². The molecule has 1 aliphatic rings. The standard InChI is InChI=1S/C17H16Cl2O/c18-12-8-9-15(16(19)10-12)17(20)14-7-3-5-11-4-1-2-6-13(11)14/h1-2,4,6,8-10,14,17,20H,3,5,7H2. The Bertz CT molecular complexity index is 624. The second kappa shape index (κ2) is 5.77. The van der Waals surface area contributed by atoms with Crippen LogP contribution in [0.3, 0.4) is 0 Å². The lowest BCUT2D eigenvalue weighted by Crippen LogP contribution is -2.17. The van der Waals surface area contributed by atoms with Crippen LogP contribution in [0.25, 0.3) is 0 Å². The Morgan fingerprint density at radius 2 is 1.90 bits per heavy atom. The monoisotopic (exact) mass is 306 g/mol. The maximum Gasteiger partial charge on any atom is 0.0872 e. The fourth-order valence-corrected chi connectivity index (χ4v) is 3.60. The molecular weight excluding hydrogens is 291 g/mol. The summed E-state index contributed by atoms with van der Waals surface area (Å²) in [7, 11) is 0. The molecule has 2 aromatic rings. The lowest BCUT2D eigenvalue weighted by Gasteiger charge is -2.30. The van der Waals surface area contributed by atoms with Crippen molar-refractivity contribution in [1.82, 2.24) is 0 Å². The zero-order valence-corrected chi connectivity index (χ0v) is 12.5. The summed E-state index contributed by atoms with van der Waals surface area (Å²) < 4.78 is 0. The molecule has 0 aromatic heterocycles. The molecule has 3 rings (SSSR count). The third kappa shape index (κ3) is 2.58. The van der Waals surface area contributed by atoms with Gasteiger partial charge in [0.05, 0.1) is 6.10 Å². The number of benzene rings is 2. The van der Waals surface area contributed by atoms with Crippen molar-refractivity contribution in [2.24, 2.45) is 0 Å². The first-order valence-electron chi connectivity index (χ1n) is 6.87. The van der Waals surface area contributed by atoms with Crippen molar-refractivity contribution in [3.05, 3.63) is 69.2 Å². The van der Waals surface area contributed by atoms with Crippen molar-refractivity contribution in [2.45, 2.75) is 31.3 Å². The molecular formula is C17H16Cl2O. The van der Waals surface area contributed by atoms with Crippen molar-refractivity contribution in [2.75, 3.05) is 0 Å². The highest BCUT2D eigenvalue weighted by Crippen LogP contribution is 2.42. The van der Waals surface area contributed by atoms with Gasteiger partial charge in [0.2, 0.25) is 0 Å². The van der Waals surface area contributed by atoms with E-state index in [1.807, 2.05) is 12.1 Å². The molecule has 1 nitrogen and oxygen atoms in total. The molecule has 0 amide bonds. The summed E-state index contributed by atoms with van der Waals surface area (Å²) in [5.41, 5.74) is 3.35. The van der Waals surface area contributed by atoms with Crippen LogP contribution in [0.1, 0.15) is 41.6 Å². The van der Waals surface area contributed by atoms with E-state index in [1.165, 1.54) is 11.1 Å². The van der Waals surface area contributed by atoms with Crippen LogP contribution in [0.15, 0.2) is 42.5 Å². The predicted molar refractivity (Wildman–Crippen MR) is 83.5 cm³/mol. The molecule has 104 valence electrons. The lowest BCUT2D eigenvalue weighted by molar-refractivity contribution is 0.136. The summed E-state index contributed by atoms with van der Waals surface area (Å²) >= 11 is 12.1. The highest BCUT2D eigenvalue weighted by molar-refractivity contribution is 6.35. The van der Waals surface area contributed by atoms with Crippen LogP contribution < -0.4 is 0 Å². The molecule has 0 aliphatic heterocycles. The summed E-state index contributed by atoms with van der Waals surface area (Å²) in [5.74, 6) is 0.110. The molecule has 0 radical (unpaired) electrons. The van der Waals surface area contributed by atoms with Crippen LogP contribution in [0.5, 0.6) is 0 Å². The van der Waals surface area contributed by atoms with E-state index >= 15 is 0 Å². The van der Waals surface area contributed by atoms with Gasteiger partial charge in [0.15, 0.2) is 0 Å². The number of hydrogen-bond donors (Lipinski definition) is 1. The van der Waals surface area contributed by atoms with E-state index in [9.17, 15) is 5.11 Å². The SMILES string of the molecule is OC(c1ccc(Cl)cc1Cl)C1CCCc2ccccc21. The minimum absolute atomic E-state index is 0.110. The van der Waals surface area contributed by atoms with Crippen LogP contribution in [0.4, 0.5) is 0 Å². The molecule has 0 fully saturated rings. The number of hydrogen-bond acceptors (Lipinski definition) is 1. The zero-order chi connectivity index (χ0) is 14.1. The minimum Gasteiger partial charge on any atom is -0.388 e. The lowest BCUT2D eigenvalue weighted by atomic mass is 9.78. The van der Waals surface area contributed by atoms with Crippen molar-refractivity contribution in [1.29, 1.82) is 0 Å². The van der Waals surface area contributed by atoms with Gasteiger partial charge in [0.1, 0.15) is 0 Å². The van der Waals surface area contributed by atoms with Crippen LogP contribution in [0.2, 0.25) is 10.0 Å². The Balaban J connectivity index is 1.97. The number of aryl methyl sites for hydroxylation is 1. The maximum absolute atomic E-state index is 10.7. The van der Waals surface area contributed by atoms with Crippen molar-refractivity contribution in [3.8, 4) is 0 Å². The van der Waals surface area contributed by atoms with Crippen molar-refractivity contribution in [3.63, 3.8) is 0 Å². The first kappa shape index (κ1) is 13.9. The number of rotatable bonds is 2. The highest BCUT2D eigenvalue weighted by Gasteiger charge is 2.28. The Hall–Kier alpha value is -1.02. The number of halogens is 2. The largest absolute Gasteiger partial charge is 0.388 e. The van der Waals surface area contributed by atoms with Crippen molar-refractivity contribution >= 4 is 23.2 Å². The summed E-state index contributed by atoms with van der Waals surface area (Å²) in [4.78, 5) is 0. The van der Waals surface area contributed by atoms with E-state index in [4.69, 9.17) is 23.2 Å². The second-order valence-corrected chi connectivity index (χ2v) is 6.15. The van der Waals surface area contributed by atoms with E-state index in [1.54, 1.807) is 12.1 Å². The average Bonchev–Trinajstić information content (AvgIpc) is 2.46. The minimum atomic E-state index is -0.582. The van der Waals surface area contributed by atoms with Gasteiger partial charge < -0.3 is 5.11 Å². The third-order valence-electron chi connectivity index (χ3n) is 4.08. The number of aliphatic hydroxyl groups is 1. The van der Waals surface area contributed by atoms with E-state index in [0.29, 0.717) is 10.0 Å². The number of aliphatic hydroxyl groups excluding tert-OH is 1. The smallest absolute Gasteiger partial charge is 0.0872 e. The number of fused-ring (bicyclic) bond motifs is 1. The first-order chi connectivity index (χ1) is 9.66.